The fourth-order valence-corrected chi connectivity index (χ4v) is 3.65. The molecule has 0 bridgehead atoms. The molecule has 0 aliphatic rings. The van der Waals surface area contributed by atoms with Crippen molar-refractivity contribution in [2.75, 3.05) is 13.4 Å². The summed E-state index contributed by atoms with van der Waals surface area (Å²) in [7, 11) is 1.66. The zero-order valence-corrected chi connectivity index (χ0v) is 17.0. The number of hydrogen-bond acceptors (Lipinski definition) is 4. The molecule has 0 radical (unpaired) electrons. The number of carbonyl (C=O) groups excluding carboxylic acids is 1. The first-order valence-electron chi connectivity index (χ1n) is 9.20. The Morgan fingerprint density at radius 3 is 2.21 bits per heavy atom. The molecule has 3 nitrogen and oxygen atoms in total. The van der Waals surface area contributed by atoms with E-state index in [9.17, 15) is 4.79 Å². The van der Waals surface area contributed by atoms with E-state index in [0.717, 1.165) is 39.7 Å². The minimum atomic E-state index is 0.618. The molecule has 0 saturated carbocycles. The summed E-state index contributed by atoms with van der Waals surface area (Å²) in [6.45, 7) is 0. The fraction of sp³-hybridized carbons (Fsp3) is 0.0800. The number of carbonyl (C=O) groups is 1. The zero-order chi connectivity index (χ0) is 20.2. The molecule has 4 aromatic carbocycles. The van der Waals surface area contributed by atoms with Gasteiger partial charge in [-0.15, -0.1) is 11.8 Å². The smallest absolute Gasteiger partial charge is 0.150 e. The highest BCUT2D eigenvalue weighted by atomic mass is 32.2. The molecule has 4 rings (SSSR count). The van der Waals surface area contributed by atoms with Gasteiger partial charge in [-0.05, 0) is 77.9 Å². The Morgan fingerprint density at radius 2 is 1.55 bits per heavy atom. The highest BCUT2D eigenvalue weighted by Gasteiger charge is 2.13. The van der Waals surface area contributed by atoms with Gasteiger partial charge in [0.25, 0.3) is 0 Å². The molecule has 0 saturated heterocycles. The van der Waals surface area contributed by atoms with Gasteiger partial charge in [0, 0.05) is 21.4 Å². The molecule has 0 aliphatic carbocycles. The average Bonchev–Trinajstić information content (AvgIpc) is 2.79. The van der Waals surface area contributed by atoms with Gasteiger partial charge in [-0.3, -0.25) is 4.79 Å². The summed E-state index contributed by atoms with van der Waals surface area (Å²) in [6, 6.07) is 25.7. The van der Waals surface area contributed by atoms with Gasteiger partial charge in [0.1, 0.15) is 23.5 Å². The van der Waals surface area contributed by atoms with Gasteiger partial charge in [0.2, 0.25) is 0 Å². The van der Waals surface area contributed by atoms with E-state index < -0.39 is 0 Å². The highest BCUT2D eigenvalue weighted by molar-refractivity contribution is 7.98. The van der Waals surface area contributed by atoms with Crippen LogP contribution in [0.25, 0.3) is 21.9 Å². The Bertz CT molecular complexity index is 1150. The van der Waals surface area contributed by atoms with E-state index in [1.807, 2.05) is 30.3 Å². The molecule has 0 atom stereocenters. The molecule has 0 spiro atoms. The Kier molecular flexibility index (Phi) is 5.54. The van der Waals surface area contributed by atoms with Crippen molar-refractivity contribution >= 4 is 28.8 Å². The lowest BCUT2D eigenvalue weighted by Gasteiger charge is -2.15. The standard InChI is InChI=1S/C25H20O3S/c1-27-21-10-14-24-19(15-21)7-13-23(18-5-11-22(29-2)12-6-18)25(24)28-20-8-3-17(16-26)4-9-20/h3-16H,1-2H3. The molecular formula is C25H20O3S. The van der Waals surface area contributed by atoms with Crippen LogP contribution in [0.3, 0.4) is 0 Å². The van der Waals surface area contributed by atoms with E-state index in [1.165, 1.54) is 4.90 Å². The van der Waals surface area contributed by atoms with Crippen LogP contribution in [0, 0.1) is 0 Å². The maximum atomic E-state index is 10.9. The predicted molar refractivity (Wildman–Crippen MR) is 120 cm³/mol. The van der Waals surface area contributed by atoms with E-state index in [2.05, 4.69) is 42.7 Å². The number of thioether (sulfide) groups is 1. The van der Waals surface area contributed by atoms with Crippen LogP contribution in [-0.4, -0.2) is 19.7 Å². The molecule has 144 valence electrons. The van der Waals surface area contributed by atoms with Crippen molar-refractivity contribution in [2.45, 2.75) is 4.90 Å². The topological polar surface area (TPSA) is 35.5 Å². The van der Waals surface area contributed by atoms with Gasteiger partial charge in [-0.25, -0.2) is 0 Å². The third kappa shape index (κ3) is 3.98. The van der Waals surface area contributed by atoms with Crippen LogP contribution in [-0.2, 0) is 0 Å². The molecule has 0 aromatic heterocycles. The molecule has 0 fully saturated rings. The molecule has 0 unspecified atom stereocenters. The molecular weight excluding hydrogens is 380 g/mol. The Morgan fingerprint density at radius 1 is 0.828 bits per heavy atom. The number of rotatable bonds is 6. The first kappa shape index (κ1) is 19.1. The normalized spacial score (nSPS) is 10.7. The van der Waals surface area contributed by atoms with Crippen LogP contribution in [0.2, 0.25) is 0 Å². The monoisotopic (exact) mass is 400 g/mol. The van der Waals surface area contributed by atoms with E-state index in [-0.39, 0.29) is 0 Å². The van der Waals surface area contributed by atoms with Crippen molar-refractivity contribution in [1.29, 1.82) is 0 Å². The van der Waals surface area contributed by atoms with Crippen LogP contribution >= 0.6 is 11.8 Å². The van der Waals surface area contributed by atoms with Gasteiger partial charge in [-0.1, -0.05) is 18.2 Å². The molecule has 0 heterocycles. The quantitative estimate of drug-likeness (QED) is 0.262. The van der Waals surface area contributed by atoms with E-state index >= 15 is 0 Å². The van der Waals surface area contributed by atoms with Crippen molar-refractivity contribution in [1.82, 2.24) is 0 Å². The van der Waals surface area contributed by atoms with Crippen LogP contribution in [0.4, 0.5) is 0 Å². The van der Waals surface area contributed by atoms with Gasteiger partial charge in [-0.2, -0.15) is 0 Å². The van der Waals surface area contributed by atoms with Crippen LogP contribution in [0.15, 0.2) is 83.8 Å². The minimum absolute atomic E-state index is 0.618. The summed E-state index contributed by atoms with van der Waals surface area (Å²) >= 11 is 1.72. The fourth-order valence-electron chi connectivity index (χ4n) is 3.25. The summed E-state index contributed by atoms with van der Waals surface area (Å²) < 4.78 is 11.7. The van der Waals surface area contributed by atoms with Gasteiger partial charge < -0.3 is 9.47 Å². The number of aldehydes is 1. The lowest BCUT2D eigenvalue weighted by Crippen LogP contribution is -1.92. The maximum Gasteiger partial charge on any atom is 0.150 e. The molecule has 4 heteroatoms. The lowest BCUT2D eigenvalue weighted by molar-refractivity contribution is 0.112. The zero-order valence-electron chi connectivity index (χ0n) is 16.2. The number of methoxy groups -OCH3 is 1. The van der Waals surface area contributed by atoms with Gasteiger partial charge >= 0.3 is 0 Å². The summed E-state index contributed by atoms with van der Waals surface area (Å²) in [5.41, 5.74) is 2.71. The number of fused-ring (bicyclic) bond motifs is 1. The third-order valence-corrected chi connectivity index (χ3v) is 5.56. The molecule has 0 N–H and O–H groups in total. The van der Waals surface area contributed by atoms with Crippen molar-refractivity contribution < 1.29 is 14.3 Å². The molecule has 0 amide bonds. The SMILES string of the molecule is COc1ccc2c(Oc3ccc(C=O)cc3)c(-c3ccc(SC)cc3)ccc2c1. The summed E-state index contributed by atoms with van der Waals surface area (Å²) in [6.07, 6.45) is 2.89. The first-order chi connectivity index (χ1) is 14.2. The third-order valence-electron chi connectivity index (χ3n) is 4.81. The number of hydrogen-bond donors (Lipinski definition) is 0. The average molecular weight is 400 g/mol. The number of benzene rings is 4. The first-order valence-corrected chi connectivity index (χ1v) is 10.4. The molecule has 4 aromatic rings. The van der Waals surface area contributed by atoms with Crippen LogP contribution in [0.5, 0.6) is 17.2 Å². The maximum absolute atomic E-state index is 10.9. The van der Waals surface area contributed by atoms with Crippen molar-refractivity contribution in [2.24, 2.45) is 0 Å². The molecule has 0 aliphatic heterocycles. The highest BCUT2D eigenvalue weighted by Crippen LogP contribution is 2.41. The largest absolute Gasteiger partial charge is 0.497 e. The van der Waals surface area contributed by atoms with E-state index in [4.69, 9.17) is 9.47 Å². The van der Waals surface area contributed by atoms with Crippen molar-refractivity contribution in [3.63, 3.8) is 0 Å². The second-order valence-electron chi connectivity index (χ2n) is 6.55. The minimum Gasteiger partial charge on any atom is -0.497 e. The van der Waals surface area contributed by atoms with Crippen molar-refractivity contribution in [3.05, 3.63) is 84.4 Å². The Labute approximate surface area is 174 Å². The predicted octanol–water partition coefficient (Wildman–Crippen LogP) is 6.84. The summed E-state index contributed by atoms with van der Waals surface area (Å²) in [4.78, 5) is 12.2. The summed E-state index contributed by atoms with van der Waals surface area (Å²) in [5.74, 6) is 2.26. The number of ether oxygens (including phenoxy) is 2. The van der Waals surface area contributed by atoms with Crippen LogP contribution < -0.4 is 9.47 Å². The second-order valence-corrected chi connectivity index (χ2v) is 7.43. The Balaban J connectivity index is 1.86. The van der Waals surface area contributed by atoms with Crippen LogP contribution in [0.1, 0.15) is 10.4 Å². The molecule has 29 heavy (non-hydrogen) atoms. The van der Waals surface area contributed by atoms with E-state index in [0.29, 0.717) is 11.3 Å². The van der Waals surface area contributed by atoms with E-state index in [1.54, 1.807) is 31.0 Å². The van der Waals surface area contributed by atoms with Gasteiger partial charge in [0.05, 0.1) is 7.11 Å². The lowest BCUT2D eigenvalue weighted by atomic mass is 9.99. The Hall–Kier alpha value is -3.24. The van der Waals surface area contributed by atoms with Gasteiger partial charge in [0.15, 0.2) is 0 Å². The second kappa shape index (κ2) is 8.41. The summed E-state index contributed by atoms with van der Waals surface area (Å²) in [5, 5.41) is 2.03. The van der Waals surface area contributed by atoms with Crippen molar-refractivity contribution in [3.8, 4) is 28.4 Å².